The van der Waals surface area contributed by atoms with Crippen molar-refractivity contribution in [3.05, 3.63) is 23.7 Å². The van der Waals surface area contributed by atoms with E-state index in [1.165, 1.54) is 12.1 Å². The molecular weight excluding hydrogens is 264 g/mol. The molecule has 0 aliphatic carbocycles. The molecule has 0 aromatic carbocycles. The molecule has 1 heterocycles. The van der Waals surface area contributed by atoms with Crippen LogP contribution in [0.2, 0.25) is 0 Å². The minimum Gasteiger partial charge on any atom is -0.455 e. The van der Waals surface area contributed by atoms with Crippen molar-refractivity contribution >= 4 is 17.7 Å². The maximum Gasteiger partial charge on any atom is 0.287 e. The van der Waals surface area contributed by atoms with Gasteiger partial charge in [-0.05, 0) is 18.6 Å². The lowest BCUT2D eigenvalue weighted by atomic mass is 10.2. The molecule has 18 heavy (non-hydrogen) atoms. The number of carbonyl (C=O) groups is 1. The topological polar surface area (TPSA) is 62.5 Å². The molecule has 0 radical (unpaired) electrons. The maximum absolute atomic E-state index is 12.0. The third-order valence-electron chi connectivity index (χ3n) is 2.29. The molecule has 0 saturated heterocycles. The van der Waals surface area contributed by atoms with E-state index in [9.17, 15) is 13.6 Å². The van der Waals surface area contributed by atoms with Crippen LogP contribution in [-0.4, -0.2) is 29.4 Å². The van der Waals surface area contributed by atoms with Crippen LogP contribution in [0.15, 0.2) is 16.5 Å². The molecular formula is C11H15F2NO3S. The van der Waals surface area contributed by atoms with Crippen LogP contribution in [0.4, 0.5) is 8.78 Å². The van der Waals surface area contributed by atoms with Crippen molar-refractivity contribution < 1.29 is 23.1 Å². The molecule has 0 spiro atoms. The van der Waals surface area contributed by atoms with E-state index < -0.39 is 11.7 Å². The van der Waals surface area contributed by atoms with Crippen molar-refractivity contribution in [1.82, 2.24) is 5.32 Å². The second kappa shape index (κ2) is 7.38. The van der Waals surface area contributed by atoms with E-state index in [0.29, 0.717) is 23.9 Å². The summed E-state index contributed by atoms with van der Waals surface area (Å²) in [6.45, 7) is 1.67. The van der Waals surface area contributed by atoms with E-state index in [4.69, 9.17) is 9.52 Å². The molecule has 1 rings (SSSR count). The van der Waals surface area contributed by atoms with Gasteiger partial charge in [0, 0.05) is 0 Å². The number of hydrogen-bond donors (Lipinski definition) is 2. The van der Waals surface area contributed by atoms with Crippen LogP contribution in [0.5, 0.6) is 0 Å². The van der Waals surface area contributed by atoms with E-state index in [-0.39, 0.29) is 24.2 Å². The molecule has 0 bridgehead atoms. The lowest BCUT2D eigenvalue weighted by Crippen LogP contribution is -2.36. The summed E-state index contributed by atoms with van der Waals surface area (Å²) in [6.07, 6.45) is 0.594. The number of carbonyl (C=O) groups excluding carboxylic acids is 1. The number of hydrogen-bond acceptors (Lipinski definition) is 4. The number of nitrogens with one attached hydrogen (secondary N) is 1. The predicted octanol–water partition coefficient (Wildman–Crippen LogP) is 2.24. The number of furan rings is 1. The van der Waals surface area contributed by atoms with Crippen molar-refractivity contribution in [2.45, 2.75) is 30.9 Å². The lowest BCUT2D eigenvalue weighted by Gasteiger charge is -2.12. The first-order valence-corrected chi connectivity index (χ1v) is 6.51. The zero-order valence-electron chi connectivity index (χ0n) is 9.86. The molecule has 1 aromatic heterocycles. The molecule has 0 fully saturated rings. The summed E-state index contributed by atoms with van der Waals surface area (Å²) in [4.78, 5) is 11.7. The average molecular weight is 279 g/mol. The first-order chi connectivity index (χ1) is 8.56. The molecule has 0 unspecified atom stereocenters. The monoisotopic (exact) mass is 279 g/mol. The van der Waals surface area contributed by atoms with Gasteiger partial charge in [0.05, 0.1) is 18.4 Å². The van der Waals surface area contributed by atoms with Gasteiger partial charge in [-0.2, -0.15) is 8.78 Å². The number of thioether (sulfide) groups is 1. The molecule has 7 heteroatoms. The SMILES string of the molecule is CC[C@H](CO)NC(=O)c1ccc(CSC(F)F)o1. The van der Waals surface area contributed by atoms with Crippen molar-refractivity contribution in [3.8, 4) is 0 Å². The Balaban J connectivity index is 2.53. The summed E-state index contributed by atoms with van der Waals surface area (Å²) in [7, 11) is 0. The number of aliphatic hydroxyl groups is 1. The fraction of sp³-hybridized carbons (Fsp3) is 0.545. The van der Waals surface area contributed by atoms with Crippen LogP contribution in [0.3, 0.4) is 0 Å². The Morgan fingerprint density at radius 1 is 1.56 bits per heavy atom. The van der Waals surface area contributed by atoms with E-state index in [1.807, 2.05) is 6.92 Å². The van der Waals surface area contributed by atoms with Gasteiger partial charge < -0.3 is 14.8 Å². The Kier molecular flexibility index (Phi) is 6.14. The molecule has 102 valence electrons. The molecule has 4 nitrogen and oxygen atoms in total. The van der Waals surface area contributed by atoms with Crippen molar-refractivity contribution in [2.24, 2.45) is 0 Å². The highest BCUT2D eigenvalue weighted by Crippen LogP contribution is 2.21. The number of rotatable bonds is 7. The summed E-state index contributed by atoms with van der Waals surface area (Å²) in [6, 6.07) is 2.59. The number of alkyl halides is 2. The minimum atomic E-state index is -2.47. The number of halogens is 2. The largest absolute Gasteiger partial charge is 0.455 e. The normalized spacial score (nSPS) is 12.7. The van der Waals surface area contributed by atoms with Crippen LogP contribution in [0.25, 0.3) is 0 Å². The predicted molar refractivity (Wildman–Crippen MR) is 64.6 cm³/mol. The number of amides is 1. The zero-order valence-corrected chi connectivity index (χ0v) is 10.7. The standard InChI is InChI=1S/C11H15F2NO3S/c1-2-7(5-15)14-10(16)9-4-3-8(17-9)6-18-11(12)13/h3-4,7,11,15H,2,5-6H2,1H3,(H,14,16)/t7-/m1/s1. The van der Waals surface area contributed by atoms with Crippen molar-refractivity contribution in [3.63, 3.8) is 0 Å². The van der Waals surface area contributed by atoms with Gasteiger partial charge in [0.15, 0.2) is 5.76 Å². The minimum absolute atomic E-state index is 0.0160. The van der Waals surface area contributed by atoms with Crippen LogP contribution in [0.1, 0.15) is 29.7 Å². The van der Waals surface area contributed by atoms with Gasteiger partial charge >= 0.3 is 0 Å². The van der Waals surface area contributed by atoms with Gasteiger partial charge in [0.1, 0.15) is 5.76 Å². The van der Waals surface area contributed by atoms with Crippen LogP contribution >= 0.6 is 11.8 Å². The van der Waals surface area contributed by atoms with Crippen LogP contribution in [-0.2, 0) is 5.75 Å². The van der Waals surface area contributed by atoms with Crippen LogP contribution < -0.4 is 5.32 Å². The molecule has 0 aliphatic rings. The Hall–Kier alpha value is -1.08. The average Bonchev–Trinajstić information content (AvgIpc) is 2.82. The molecule has 1 amide bonds. The Bertz CT molecular complexity index is 380. The highest BCUT2D eigenvalue weighted by atomic mass is 32.2. The molecule has 1 aromatic rings. The second-order valence-electron chi connectivity index (χ2n) is 3.60. The van der Waals surface area contributed by atoms with Gasteiger partial charge in [0.2, 0.25) is 0 Å². The third-order valence-corrected chi connectivity index (χ3v) is 2.99. The summed E-state index contributed by atoms with van der Waals surface area (Å²) in [5.74, 6) is -2.52. The Labute approximate surface area is 108 Å². The van der Waals surface area contributed by atoms with Gasteiger partial charge in [-0.25, -0.2) is 0 Å². The second-order valence-corrected chi connectivity index (χ2v) is 4.58. The summed E-state index contributed by atoms with van der Waals surface area (Å²) in [5.41, 5.74) is 0. The highest BCUT2D eigenvalue weighted by Gasteiger charge is 2.15. The van der Waals surface area contributed by atoms with E-state index in [1.54, 1.807) is 0 Å². The van der Waals surface area contributed by atoms with Crippen molar-refractivity contribution in [1.29, 1.82) is 0 Å². The first kappa shape index (κ1) is 15.0. The molecule has 0 aliphatic heterocycles. The van der Waals surface area contributed by atoms with Gasteiger partial charge in [-0.3, -0.25) is 4.79 Å². The fourth-order valence-electron chi connectivity index (χ4n) is 1.26. The van der Waals surface area contributed by atoms with E-state index >= 15 is 0 Å². The van der Waals surface area contributed by atoms with Gasteiger partial charge in [-0.15, -0.1) is 0 Å². The zero-order chi connectivity index (χ0) is 13.5. The highest BCUT2D eigenvalue weighted by molar-refractivity contribution is 7.98. The van der Waals surface area contributed by atoms with Gasteiger partial charge in [0.25, 0.3) is 11.7 Å². The fourth-order valence-corrected chi connectivity index (χ4v) is 1.70. The smallest absolute Gasteiger partial charge is 0.287 e. The summed E-state index contributed by atoms with van der Waals surface area (Å²) in [5, 5.41) is 11.5. The Morgan fingerprint density at radius 3 is 2.83 bits per heavy atom. The number of aliphatic hydroxyl groups excluding tert-OH is 1. The summed E-state index contributed by atoms with van der Waals surface area (Å²) < 4.78 is 29.1. The molecule has 1 atom stereocenters. The maximum atomic E-state index is 12.0. The summed E-state index contributed by atoms with van der Waals surface area (Å²) >= 11 is 0.434. The Morgan fingerprint density at radius 2 is 2.28 bits per heavy atom. The molecule has 0 saturated carbocycles. The van der Waals surface area contributed by atoms with E-state index in [2.05, 4.69) is 5.32 Å². The third kappa shape index (κ3) is 4.66. The van der Waals surface area contributed by atoms with Crippen LogP contribution in [0, 0.1) is 0 Å². The lowest BCUT2D eigenvalue weighted by molar-refractivity contribution is 0.0885. The first-order valence-electron chi connectivity index (χ1n) is 5.47. The molecule has 2 N–H and O–H groups in total. The van der Waals surface area contributed by atoms with E-state index in [0.717, 1.165) is 0 Å². The quantitative estimate of drug-likeness (QED) is 0.803. The van der Waals surface area contributed by atoms with Crippen molar-refractivity contribution in [2.75, 3.05) is 6.61 Å². The van der Waals surface area contributed by atoms with Gasteiger partial charge in [-0.1, -0.05) is 18.7 Å².